The van der Waals surface area contributed by atoms with Crippen LogP contribution in [0.25, 0.3) is 10.9 Å². The highest BCUT2D eigenvalue weighted by atomic mass is 16.5. The maximum atomic E-state index is 13.4. The van der Waals surface area contributed by atoms with Crippen LogP contribution in [0.5, 0.6) is 5.75 Å². The number of amides is 1. The summed E-state index contributed by atoms with van der Waals surface area (Å²) in [6, 6.07) is 10.6. The molecule has 6 nitrogen and oxygen atoms in total. The molecule has 1 aliphatic heterocycles. The van der Waals surface area contributed by atoms with Gasteiger partial charge in [-0.25, -0.2) is 0 Å². The molecule has 0 bridgehead atoms. The molecule has 1 saturated heterocycles. The van der Waals surface area contributed by atoms with Crippen LogP contribution in [0.3, 0.4) is 0 Å². The van der Waals surface area contributed by atoms with Crippen molar-refractivity contribution in [1.29, 1.82) is 0 Å². The highest BCUT2D eigenvalue weighted by Gasteiger charge is 2.35. The van der Waals surface area contributed by atoms with Gasteiger partial charge in [0, 0.05) is 68.1 Å². The lowest BCUT2D eigenvalue weighted by molar-refractivity contribution is -0.142. The van der Waals surface area contributed by atoms with Crippen molar-refractivity contribution in [2.24, 2.45) is 13.0 Å². The van der Waals surface area contributed by atoms with E-state index >= 15 is 0 Å². The first-order valence-corrected chi connectivity index (χ1v) is 12.2. The molecular formula is C27H34N4O2. The molecule has 1 unspecified atom stereocenters. The Labute approximate surface area is 196 Å². The quantitative estimate of drug-likeness (QED) is 0.541. The van der Waals surface area contributed by atoms with Crippen LogP contribution in [0, 0.1) is 5.92 Å². The summed E-state index contributed by atoms with van der Waals surface area (Å²) in [5.74, 6) is 1.44. The Hall–Kier alpha value is -2.86. The van der Waals surface area contributed by atoms with Gasteiger partial charge in [0.15, 0.2) is 0 Å². The van der Waals surface area contributed by atoms with Crippen LogP contribution in [-0.2, 0) is 24.9 Å². The minimum atomic E-state index is 0.211. The summed E-state index contributed by atoms with van der Waals surface area (Å²) in [7, 11) is 3.82. The Morgan fingerprint density at radius 1 is 1.21 bits per heavy atom. The molecule has 1 saturated carbocycles. The number of ether oxygens (including phenoxy) is 1. The first kappa shape index (κ1) is 22.0. The second-order valence-electron chi connectivity index (χ2n) is 9.63. The molecule has 174 valence electrons. The number of methoxy groups -OCH3 is 1. The van der Waals surface area contributed by atoms with Gasteiger partial charge in [0.1, 0.15) is 5.75 Å². The maximum Gasteiger partial charge on any atom is 0.226 e. The fourth-order valence-corrected chi connectivity index (χ4v) is 5.34. The molecule has 6 heteroatoms. The number of nitrogens with zero attached hydrogens (tertiary/aromatic N) is 4. The molecule has 5 rings (SSSR count). The molecule has 1 aromatic carbocycles. The van der Waals surface area contributed by atoms with Gasteiger partial charge >= 0.3 is 0 Å². The molecule has 3 aromatic rings. The van der Waals surface area contributed by atoms with Crippen molar-refractivity contribution in [3.05, 3.63) is 60.0 Å². The van der Waals surface area contributed by atoms with Crippen molar-refractivity contribution in [3.8, 4) is 5.75 Å². The summed E-state index contributed by atoms with van der Waals surface area (Å²) in [4.78, 5) is 22.4. The Bertz CT molecular complexity index is 1110. The van der Waals surface area contributed by atoms with E-state index < -0.39 is 0 Å². The lowest BCUT2D eigenvalue weighted by Gasteiger charge is -2.42. The number of hydrogen-bond donors (Lipinski definition) is 0. The number of carbonyl (C=O) groups excluding carboxylic acids is 1. The zero-order chi connectivity index (χ0) is 22.8. The largest absolute Gasteiger partial charge is 0.497 e. The molecule has 2 aromatic heterocycles. The second-order valence-corrected chi connectivity index (χ2v) is 9.63. The molecule has 0 spiro atoms. The third kappa shape index (κ3) is 4.62. The molecule has 2 fully saturated rings. The minimum Gasteiger partial charge on any atom is -0.497 e. The van der Waals surface area contributed by atoms with E-state index in [4.69, 9.17) is 4.74 Å². The predicted octanol–water partition coefficient (Wildman–Crippen LogP) is 4.38. The van der Waals surface area contributed by atoms with Crippen LogP contribution in [0.4, 0.5) is 0 Å². The SMILES string of the molecule is COc1ccc2c(c1)c(CN1CCCC(N(Cc3cccnc3)C(=O)C3CCC3)C1)cn2C. The van der Waals surface area contributed by atoms with E-state index in [1.54, 1.807) is 13.3 Å². The predicted molar refractivity (Wildman–Crippen MR) is 130 cm³/mol. The Balaban J connectivity index is 1.35. The Morgan fingerprint density at radius 3 is 2.82 bits per heavy atom. The third-order valence-corrected chi connectivity index (χ3v) is 7.41. The molecule has 1 atom stereocenters. The fraction of sp³-hybridized carbons (Fsp3) is 0.481. The number of piperidine rings is 1. The summed E-state index contributed by atoms with van der Waals surface area (Å²) in [6.45, 7) is 3.53. The first-order chi connectivity index (χ1) is 16.1. The topological polar surface area (TPSA) is 50.6 Å². The van der Waals surface area contributed by atoms with Crippen LogP contribution in [0.2, 0.25) is 0 Å². The summed E-state index contributed by atoms with van der Waals surface area (Å²) >= 11 is 0. The van der Waals surface area contributed by atoms with Crippen LogP contribution < -0.4 is 4.74 Å². The normalized spacial score (nSPS) is 19.4. The number of hydrogen-bond acceptors (Lipinski definition) is 4. The average molecular weight is 447 g/mol. The van der Waals surface area contributed by atoms with Gasteiger partial charge < -0.3 is 14.2 Å². The molecule has 0 radical (unpaired) electrons. The molecule has 0 N–H and O–H groups in total. The number of benzene rings is 1. The lowest BCUT2D eigenvalue weighted by atomic mass is 9.83. The van der Waals surface area contributed by atoms with Crippen LogP contribution in [-0.4, -0.2) is 51.5 Å². The lowest BCUT2D eigenvalue weighted by Crippen LogP contribution is -2.51. The Kier molecular flexibility index (Phi) is 6.36. The summed E-state index contributed by atoms with van der Waals surface area (Å²) in [5, 5.41) is 1.25. The highest BCUT2D eigenvalue weighted by Crippen LogP contribution is 2.32. The molecule has 3 heterocycles. The van der Waals surface area contributed by atoms with Gasteiger partial charge in [-0.1, -0.05) is 12.5 Å². The number of rotatable bonds is 7. The van der Waals surface area contributed by atoms with E-state index in [1.807, 2.05) is 18.3 Å². The second kappa shape index (κ2) is 9.56. The van der Waals surface area contributed by atoms with Crippen molar-refractivity contribution in [1.82, 2.24) is 19.4 Å². The van der Waals surface area contributed by atoms with Crippen molar-refractivity contribution in [2.45, 2.75) is 51.2 Å². The van der Waals surface area contributed by atoms with E-state index in [0.717, 1.165) is 56.6 Å². The average Bonchev–Trinajstić information content (AvgIpc) is 3.11. The Morgan fingerprint density at radius 2 is 2.09 bits per heavy atom. The van der Waals surface area contributed by atoms with E-state index in [9.17, 15) is 4.79 Å². The number of fused-ring (bicyclic) bond motifs is 1. The van der Waals surface area contributed by atoms with Gasteiger partial charge in [0.05, 0.1) is 7.11 Å². The van der Waals surface area contributed by atoms with Crippen molar-refractivity contribution >= 4 is 16.8 Å². The van der Waals surface area contributed by atoms with Crippen molar-refractivity contribution in [3.63, 3.8) is 0 Å². The monoisotopic (exact) mass is 446 g/mol. The van der Waals surface area contributed by atoms with Crippen molar-refractivity contribution in [2.75, 3.05) is 20.2 Å². The van der Waals surface area contributed by atoms with Gasteiger partial charge in [-0.3, -0.25) is 14.7 Å². The van der Waals surface area contributed by atoms with E-state index in [0.29, 0.717) is 12.5 Å². The van der Waals surface area contributed by atoms with Gasteiger partial charge in [-0.2, -0.15) is 0 Å². The van der Waals surface area contributed by atoms with Gasteiger partial charge in [0.2, 0.25) is 5.91 Å². The van der Waals surface area contributed by atoms with Crippen LogP contribution >= 0.6 is 0 Å². The molecule has 33 heavy (non-hydrogen) atoms. The zero-order valence-electron chi connectivity index (χ0n) is 19.7. The van der Waals surface area contributed by atoms with Gasteiger partial charge in [-0.05, 0) is 67.6 Å². The van der Waals surface area contributed by atoms with Crippen LogP contribution in [0.1, 0.15) is 43.2 Å². The van der Waals surface area contributed by atoms with Crippen molar-refractivity contribution < 1.29 is 9.53 Å². The molecule has 2 aliphatic rings. The standard InChI is InChI=1S/C27H34N4O2/c1-29-17-22(25-14-24(33-2)10-11-26(25)29)18-30-13-5-9-23(19-30)31(27(32)21-7-3-8-21)16-20-6-4-12-28-15-20/h4,6,10-12,14-15,17,21,23H,3,5,7-9,13,16,18-19H2,1-2H3. The maximum absolute atomic E-state index is 13.4. The molecular weight excluding hydrogens is 412 g/mol. The van der Waals surface area contributed by atoms with Crippen LogP contribution in [0.15, 0.2) is 48.9 Å². The number of aryl methyl sites for hydroxylation is 1. The van der Waals surface area contributed by atoms with Gasteiger partial charge in [-0.15, -0.1) is 0 Å². The number of likely N-dealkylation sites (tertiary alicyclic amines) is 1. The number of carbonyl (C=O) groups is 1. The number of aromatic nitrogens is 2. The fourth-order valence-electron chi connectivity index (χ4n) is 5.34. The van der Waals surface area contributed by atoms with E-state index in [1.165, 1.54) is 22.9 Å². The smallest absolute Gasteiger partial charge is 0.226 e. The minimum absolute atomic E-state index is 0.211. The number of pyridine rings is 1. The third-order valence-electron chi connectivity index (χ3n) is 7.41. The van der Waals surface area contributed by atoms with E-state index in [2.05, 4.69) is 50.8 Å². The van der Waals surface area contributed by atoms with Gasteiger partial charge in [0.25, 0.3) is 0 Å². The highest BCUT2D eigenvalue weighted by molar-refractivity contribution is 5.85. The zero-order valence-corrected chi connectivity index (χ0v) is 19.7. The first-order valence-electron chi connectivity index (χ1n) is 12.2. The summed E-state index contributed by atoms with van der Waals surface area (Å²) in [6.07, 6.45) is 11.4. The molecule has 1 aliphatic carbocycles. The summed E-state index contributed by atoms with van der Waals surface area (Å²) < 4.78 is 7.67. The molecule has 1 amide bonds. The summed E-state index contributed by atoms with van der Waals surface area (Å²) in [5.41, 5.74) is 3.65. The van der Waals surface area contributed by atoms with E-state index in [-0.39, 0.29) is 12.0 Å².